The number of alkyl halides is 1. The topological polar surface area (TPSA) is 52.2 Å². The van der Waals surface area contributed by atoms with Crippen molar-refractivity contribution in [1.82, 2.24) is 20.0 Å². The zero-order chi connectivity index (χ0) is 16.5. The average molecular weight is 334 g/mol. The quantitative estimate of drug-likeness (QED) is 0.917. The number of hydrogen-bond acceptors (Lipinski definition) is 3. The Morgan fingerprint density at radius 2 is 2.00 bits per heavy atom. The van der Waals surface area contributed by atoms with Gasteiger partial charge in [-0.15, -0.1) is 0 Å². The minimum atomic E-state index is -0.370. The summed E-state index contributed by atoms with van der Waals surface area (Å²) in [6, 6.07) is 0.304. The van der Waals surface area contributed by atoms with Gasteiger partial charge in [0.15, 0.2) is 0 Å². The predicted octanol–water partition coefficient (Wildman–Crippen LogP) is 2.07. The Morgan fingerprint density at radius 3 is 2.75 bits per heavy atom. The lowest BCUT2D eigenvalue weighted by Gasteiger charge is -2.36. The number of fused-ring (bicyclic) bond motifs is 1. The van der Waals surface area contributed by atoms with Crippen molar-refractivity contribution in [1.29, 1.82) is 0 Å². The summed E-state index contributed by atoms with van der Waals surface area (Å²) in [5.41, 5.74) is 4.01. The van der Waals surface area contributed by atoms with E-state index in [1.807, 2.05) is 4.90 Å². The first-order chi connectivity index (χ1) is 11.7. The maximum Gasteiger partial charge on any atom is 0.223 e. The van der Waals surface area contributed by atoms with Gasteiger partial charge in [-0.2, -0.15) is 5.10 Å². The Morgan fingerprint density at radius 1 is 1.21 bits per heavy atom. The third-order valence-corrected chi connectivity index (χ3v) is 5.97. The highest BCUT2D eigenvalue weighted by atomic mass is 19.1. The first kappa shape index (κ1) is 16.1. The number of H-pyrrole nitrogens is 1. The van der Waals surface area contributed by atoms with Crippen LogP contribution in [0.5, 0.6) is 0 Å². The summed E-state index contributed by atoms with van der Waals surface area (Å²) >= 11 is 0. The molecular weight excluding hydrogens is 307 g/mol. The lowest BCUT2D eigenvalue weighted by Crippen LogP contribution is -2.45. The molecule has 1 aromatic heterocycles. The van der Waals surface area contributed by atoms with Gasteiger partial charge in [-0.25, -0.2) is 0 Å². The van der Waals surface area contributed by atoms with Crippen molar-refractivity contribution in [3.8, 4) is 0 Å². The number of carbonyl (C=O) groups is 1. The number of hydrogen-bond donors (Lipinski definition) is 1. The van der Waals surface area contributed by atoms with Gasteiger partial charge in [-0.3, -0.25) is 19.2 Å². The molecule has 0 saturated carbocycles. The number of halogens is 1. The number of aryl methyl sites for hydroxylation is 1. The molecule has 132 valence electrons. The lowest BCUT2D eigenvalue weighted by molar-refractivity contribution is -0.130. The monoisotopic (exact) mass is 334 g/mol. The normalized spacial score (nSPS) is 26.1. The Labute approximate surface area is 142 Å². The molecule has 1 amide bonds. The van der Waals surface area contributed by atoms with Crippen molar-refractivity contribution in [2.75, 3.05) is 26.3 Å². The molecule has 1 unspecified atom stereocenters. The molecule has 5 nitrogen and oxygen atoms in total. The molecule has 4 rings (SSSR count). The number of carbonyl (C=O) groups excluding carboxylic acids is 1. The number of nitrogens with one attached hydrogen (secondary N) is 1. The smallest absolute Gasteiger partial charge is 0.223 e. The molecule has 0 spiro atoms. The molecule has 2 aliphatic heterocycles. The van der Waals surface area contributed by atoms with Gasteiger partial charge < -0.3 is 4.90 Å². The van der Waals surface area contributed by atoms with E-state index in [0.717, 1.165) is 45.3 Å². The largest absolute Gasteiger partial charge is 0.339 e. The summed E-state index contributed by atoms with van der Waals surface area (Å²) in [6.45, 7) is 3.16. The molecule has 0 bridgehead atoms. The van der Waals surface area contributed by atoms with E-state index in [1.165, 1.54) is 29.8 Å². The van der Waals surface area contributed by atoms with Crippen molar-refractivity contribution in [3.05, 3.63) is 17.0 Å². The van der Waals surface area contributed by atoms with Crippen LogP contribution in [-0.4, -0.2) is 58.3 Å². The van der Waals surface area contributed by atoms with Gasteiger partial charge in [0.05, 0.1) is 12.4 Å². The second-order valence-electron chi connectivity index (χ2n) is 7.61. The average Bonchev–Trinajstić information content (AvgIpc) is 3.19. The third kappa shape index (κ3) is 3.08. The second-order valence-corrected chi connectivity index (χ2v) is 7.61. The molecule has 3 heterocycles. The summed E-state index contributed by atoms with van der Waals surface area (Å²) in [7, 11) is 0. The zero-order valence-electron chi connectivity index (χ0n) is 14.3. The molecule has 3 aliphatic rings. The van der Waals surface area contributed by atoms with Crippen LogP contribution in [0.4, 0.5) is 4.39 Å². The van der Waals surface area contributed by atoms with E-state index in [0.29, 0.717) is 19.0 Å². The van der Waals surface area contributed by atoms with Crippen LogP contribution in [0.15, 0.2) is 0 Å². The van der Waals surface area contributed by atoms with Crippen LogP contribution in [0.3, 0.4) is 0 Å². The SMILES string of the molecule is O=C1CC(CF)CN1C1CCN(Cc2n[nH]c3c2CCCC3)CC1. The second kappa shape index (κ2) is 6.82. The third-order valence-electron chi connectivity index (χ3n) is 5.97. The number of aromatic amines is 1. The van der Waals surface area contributed by atoms with Crippen LogP contribution < -0.4 is 0 Å². The van der Waals surface area contributed by atoms with Gasteiger partial charge in [-0.05, 0) is 44.1 Å². The molecule has 1 aliphatic carbocycles. The number of piperidine rings is 1. The van der Waals surface area contributed by atoms with Crippen LogP contribution in [0.1, 0.15) is 49.1 Å². The number of amides is 1. The first-order valence-corrected chi connectivity index (χ1v) is 9.37. The summed E-state index contributed by atoms with van der Waals surface area (Å²) in [5, 5.41) is 7.77. The molecule has 2 fully saturated rings. The minimum Gasteiger partial charge on any atom is -0.339 e. The number of likely N-dealkylation sites (tertiary alicyclic amines) is 2. The molecule has 0 radical (unpaired) electrons. The van der Waals surface area contributed by atoms with Crippen molar-refractivity contribution in [2.24, 2.45) is 5.92 Å². The highest BCUT2D eigenvalue weighted by molar-refractivity contribution is 5.79. The van der Waals surface area contributed by atoms with Crippen molar-refractivity contribution >= 4 is 5.91 Å². The molecule has 2 saturated heterocycles. The van der Waals surface area contributed by atoms with Crippen LogP contribution >= 0.6 is 0 Å². The number of aromatic nitrogens is 2. The maximum atomic E-state index is 12.8. The number of nitrogens with zero attached hydrogens (tertiary/aromatic N) is 3. The Kier molecular flexibility index (Phi) is 4.57. The van der Waals surface area contributed by atoms with Crippen LogP contribution in [0.25, 0.3) is 0 Å². The van der Waals surface area contributed by atoms with Crippen molar-refractivity contribution in [2.45, 2.75) is 57.5 Å². The van der Waals surface area contributed by atoms with Gasteiger partial charge in [0, 0.05) is 50.3 Å². The molecule has 1 atom stereocenters. The fraction of sp³-hybridized carbons (Fsp3) is 0.778. The lowest BCUT2D eigenvalue weighted by atomic mass is 9.95. The van der Waals surface area contributed by atoms with Gasteiger partial charge >= 0.3 is 0 Å². The molecule has 0 aromatic carbocycles. The molecular formula is C18H27FN4O. The van der Waals surface area contributed by atoms with Gasteiger partial charge in [-0.1, -0.05) is 0 Å². The summed E-state index contributed by atoms with van der Waals surface area (Å²) in [5.74, 6) is 0.0728. The Balaban J connectivity index is 1.32. The molecule has 1 aromatic rings. The fourth-order valence-electron chi connectivity index (χ4n) is 4.55. The number of rotatable bonds is 4. The Bertz CT molecular complexity index is 594. The van der Waals surface area contributed by atoms with Crippen molar-refractivity contribution < 1.29 is 9.18 Å². The molecule has 1 N–H and O–H groups in total. The highest BCUT2D eigenvalue weighted by Gasteiger charge is 2.35. The van der Waals surface area contributed by atoms with Gasteiger partial charge in [0.2, 0.25) is 5.91 Å². The Hall–Kier alpha value is -1.43. The zero-order valence-corrected chi connectivity index (χ0v) is 14.3. The van der Waals surface area contributed by atoms with Gasteiger partial charge in [0.25, 0.3) is 0 Å². The van der Waals surface area contributed by atoms with Crippen molar-refractivity contribution in [3.63, 3.8) is 0 Å². The summed E-state index contributed by atoms with van der Waals surface area (Å²) < 4.78 is 12.8. The summed E-state index contributed by atoms with van der Waals surface area (Å²) in [4.78, 5) is 16.5. The van der Waals surface area contributed by atoms with E-state index in [1.54, 1.807) is 0 Å². The van der Waals surface area contributed by atoms with E-state index >= 15 is 0 Å². The maximum absolute atomic E-state index is 12.8. The molecule has 6 heteroatoms. The van der Waals surface area contributed by atoms with Crippen LogP contribution in [0, 0.1) is 5.92 Å². The van der Waals surface area contributed by atoms with E-state index in [-0.39, 0.29) is 18.5 Å². The fourth-order valence-corrected chi connectivity index (χ4v) is 4.55. The van der Waals surface area contributed by atoms with Crippen LogP contribution in [0.2, 0.25) is 0 Å². The van der Waals surface area contributed by atoms with Gasteiger partial charge in [0.1, 0.15) is 0 Å². The highest BCUT2D eigenvalue weighted by Crippen LogP contribution is 2.27. The first-order valence-electron chi connectivity index (χ1n) is 9.37. The van der Waals surface area contributed by atoms with Crippen LogP contribution in [-0.2, 0) is 24.2 Å². The van der Waals surface area contributed by atoms with E-state index in [2.05, 4.69) is 15.1 Å². The minimum absolute atomic E-state index is 0.0777. The standard InChI is InChI=1S/C18H27FN4O/c19-10-13-9-18(24)23(11-13)14-5-7-22(8-6-14)12-17-15-3-1-2-4-16(15)20-21-17/h13-14H,1-12H2,(H,20,21). The molecule has 24 heavy (non-hydrogen) atoms. The van der Waals surface area contributed by atoms with E-state index < -0.39 is 0 Å². The van der Waals surface area contributed by atoms with E-state index in [9.17, 15) is 9.18 Å². The summed E-state index contributed by atoms with van der Waals surface area (Å²) in [6.07, 6.45) is 7.23. The van der Waals surface area contributed by atoms with E-state index in [4.69, 9.17) is 0 Å². The predicted molar refractivity (Wildman–Crippen MR) is 89.3 cm³/mol.